The molecule has 0 spiro atoms. The molecular formula is C10H15N3O3S. The van der Waals surface area contributed by atoms with Crippen LogP contribution in [0.1, 0.15) is 12.1 Å². The van der Waals surface area contributed by atoms with Crippen molar-refractivity contribution in [1.82, 2.24) is 10.2 Å². The van der Waals surface area contributed by atoms with Gasteiger partial charge in [-0.05, 0) is 24.8 Å². The number of methoxy groups -OCH3 is 1. The first-order valence-electron chi connectivity index (χ1n) is 5.36. The summed E-state index contributed by atoms with van der Waals surface area (Å²) in [5, 5.41) is 7.80. The minimum atomic E-state index is -2.84. The molecule has 0 bridgehead atoms. The summed E-state index contributed by atoms with van der Waals surface area (Å²) in [6.45, 7) is 0. The first-order valence-corrected chi connectivity index (χ1v) is 7.19. The van der Waals surface area contributed by atoms with Gasteiger partial charge in [0.2, 0.25) is 0 Å². The summed E-state index contributed by atoms with van der Waals surface area (Å²) in [5.74, 6) is 0.937. The Labute approximate surface area is 100 Å². The van der Waals surface area contributed by atoms with Gasteiger partial charge in [-0.15, -0.1) is 5.10 Å². The molecule has 1 fully saturated rings. The normalized spacial score (nSPS) is 22.5. The van der Waals surface area contributed by atoms with Crippen LogP contribution in [0.3, 0.4) is 0 Å². The number of hydrogen-bond donors (Lipinski definition) is 1. The molecule has 2 rings (SSSR count). The average Bonchev–Trinajstić information content (AvgIpc) is 2.58. The Morgan fingerprint density at radius 3 is 2.82 bits per heavy atom. The van der Waals surface area contributed by atoms with Crippen LogP contribution in [0.25, 0.3) is 0 Å². The number of nitrogens with two attached hydrogens (primary N) is 1. The molecule has 0 radical (unpaired) electrons. The number of anilines is 1. The van der Waals surface area contributed by atoms with Crippen LogP contribution in [0.5, 0.6) is 5.88 Å². The van der Waals surface area contributed by atoms with E-state index in [2.05, 4.69) is 10.2 Å². The molecule has 1 saturated heterocycles. The topological polar surface area (TPSA) is 95.2 Å². The summed E-state index contributed by atoms with van der Waals surface area (Å²) in [7, 11) is -1.37. The molecule has 2 heterocycles. The molecule has 1 atom stereocenters. The molecular weight excluding hydrogens is 242 g/mol. The quantitative estimate of drug-likeness (QED) is 0.821. The van der Waals surface area contributed by atoms with Crippen molar-refractivity contribution in [3.8, 4) is 5.88 Å². The molecule has 0 amide bonds. The highest BCUT2D eigenvalue weighted by atomic mass is 32.2. The lowest BCUT2D eigenvalue weighted by Gasteiger charge is -2.08. The molecule has 94 valence electrons. The summed E-state index contributed by atoms with van der Waals surface area (Å²) in [5.41, 5.74) is 6.86. The van der Waals surface area contributed by atoms with Crippen molar-refractivity contribution in [2.75, 3.05) is 24.3 Å². The van der Waals surface area contributed by atoms with E-state index in [1.807, 2.05) is 0 Å². The predicted molar refractivity (Wildman–Crippen MR) is 63.5 cm³/mol. The van der Waals surface area contributed by atoms with E-state index >= 15 is 0 Å². The van der Waals surface area contributed by atoms with Crippen LogP contribution in [0, 0.1) is 5.92 Å². The molecule has 1 aliphatic heterocycles. The van der Waals surface area contributed by atoms with Crippen molar-refractivity contribution in [2.45, 2.75) is 12.8 Å². The minimum Gasteiger partial charge on any atom is -0.478 e. The SMILES string of the molecule is COc1nnc(CC2CCS(=O)(=O)C2)cc1N. The Hall–Kier alpha value is -1.37. The fourth-order valence-electron chi connectivity index (χ4n) is 2.02. The van der Waals surface area contributed by atoms with Crippen molar-refractivity contribution in [1.29, 1.82) is 0 Å². The number of rotatable bonds is 3. The van der Waals surface area contributed by atoms with Gasteiger partial charge in [0, 0.05) is 0 Å². The Morgan fingerprint density at radius 1 is 1.53 bits per heavy atom. The number of nitrogens with zero attached hydrogens (tertiary/aromatic N) is 2. The highest BCUT2D eigenvalue weighted by molar-refractivity contribution is 7.91. The number of ether oxygens (including phenoxy) is 1. The van der Waals surface area contributed by atoms with E-state index in [0.29, 0.717) is 30.1 Å². The molecule has 0 aromatic carbocycles. The van der Waals surface area contributed by atoms with E-state index in [0.717, 1.165) is 0 Å². The average molecular weight is 257 g/mol. The van der Waals surface area contributed by atoms with Crippen molar-refractivity contribution in [3.05, 3.63) is 11.8 Å². The number of nitrogen functional groups attached to an aromatic ring is 1. The van der Waals surface area contributed by atoms with Gasteiger partial charge < -0.3 is 10.5 Å². The monoisotopic (exact) mass is 257 g/mol. The third kappa shape index (κ3) is 2.85. The predicted octanol–water partition coefficient (Wildman–Crippen LogP) is 0.0446. The molecule has 1 unspecified atom stereocenters. The second-order valence-corrected chi connectivity index (χ2v) is 6.50. The van der Waals surface area contributed by atoms with Gasteiger partial charge in [-0.3, -0.25) is 0 Å². The highest BCUT2D eigenvalue weighted by Gasteiger charge is 2.28. The first-order chi connectivity index (χ1) is 8.00. The zero-order chi connectivity index (χ0) is 12.5. The third-order valence-corrected chi connectivity index (χ3v) is 4.69. The minimum absolute atomic E-state index is 0.127. The fourth-order valence-corrected chi connectivity index (χ4v) is 3.89. The molecule has 17 heavy (non-hydrogen) atoms. The lowest BCUT2D eigenvalue weighted by atomic mass is 10.0. The largest absolute Gasteiger partial charge is 0.478 e. The van der Waals surface area contributed by atoms with Crippen LogP contribution in [-0.4, -0.2) is 37.2 Å². The Kier molecular flexibility index (Phi) is 3.19. The van der Waals surface area contributed by atoms with Gasteiger partial charge in [0.25, 0.3) is 5.88 Å². The maximum Gasteiger partial charge on any atom is 0.256 e. The van der Waals surface area contributed by atoms with Gasteiger partial charge in [-0.1, -0.05) is 0 Å². The van der Waals surface area contributed by atoms with Crippen LogP contribution in [0.15, 0.2) is 6.07 Å². The van der Waals surface area contributed by atoms with Crippen molar-refractivity contribution in [3.63, 3.8) is 0 Å². The molecule has 0 aliphatic carbocycles. The smallest absolute Gasteiger partial charge is 0.256 e. The summed E-state index contributed by atoms with van der Waals surface area (Å²) in [6.07, 6.45) is 1.29. The Morgan fingerprint density at radius 2 is 2.29 bits per heavy atom. The van der Waals surface area contributed by atoms with E-state index in [4.69, 9.17) is 10.5 Å². The van der Waals surface area contributed by atoms with Crippen LogP contribution in [-0.2, 0) is 16.3 Å². The number of sulfone groups is 1. The van der Waals surface area contributed by atoms with Gasteiger partial charge in [0.15, 0.2) is 9.84 Å². The molecule has 7 heteroatoms. The molecule has 0 saturated carbocycles. The summed E-state index contributed by atoms with van der Waals surface area (Å²) >= 11 is 0. The van der Waals surface area contributed by atoms with Gasteiger partial charge in [-0.2, -0.15) is 5.10 Å². The number of hydrogen-bond acceptors (Lipinski definition) is 6. The standard InChI is InChI=1S/C10H15N3O3S/c1-16-10-9(11)5-8(12-13-10)4-7-2-3-17(14,15)6-7/h5,7H,2-4,6H2,1H3,(H2,11,12). The van der Waals surface area contributed by atoms with E-state index in [9.17, 15) is 8.42 Å². The van der Waals surface area contributed by atoms with Crippen molar-refractivity contribution >= 4 is 15.5 Å². The first kappa shape index (κ1) is 12.1. The molecule has 6 nitrogen and oxygen atoms in total. The van der Waals surface area contributed by atoms with E-state index in [1.165, 1.54) is 7.11 Å². The van der Waals surface area contributed by atoms with Crippen LogP contribution >= 0.6 is 0 Å². The summed E-state index contributed by atoms with van der Waals surface area (Å²) < 4.78 is 27.5. The Balaban J connectivity index is 2.07. The second-order valence-electron chi connectivity index (χ2n) is 4.27. The van der Waals surface area contributed by atoms with Crippen molar-refractivity contribution in [2.24, 2.45) is 5.92 Å². The van der Waals surface area contributed by atoms with Gasteiger partial charge in [0.05, 0.1) is 30.0 Å². The van der Waals surface area contributed by atoms with Crippen LogP contribution < -0.4 is 10.5 Å². The zero-order valence-electron chi connectivity index (χ0n) is 9.59. The summed E-state index contributed by atoms with van der Waals surface area (Å²) in [4.78, 5) is 0. The van der Waals surface area contributed by atoms with Crippen LogP contribution in [0.4, 0.5) is 5.69 Å². The highest BCUT2D eigenvalue weighted by Crippen LogP contribution is 2.24. The molecule has 2 N–H and O–H groups in total. The van der Waals surface area contributed by atoms with Gasteiger partial charge in [-0.25, -0.2) is 8.42 Å². The third-order valence-electron chi connectivity index (χ3n) is 2.86. The van der Waals surface area contributed by atoms with Gasteiger partial charge in [0.1, 0.15) is 0 Å². The number of aromatic nitrogens is 2. The maximum absolute atomic E-state index is 11.3. The molecule has 1 aromatic heterocycles. The zero-order valence-corrected chi connectivity index (χ0v) is 10.4. The maximum atomic E-state index is 11.3. The van der Waals surface area contributed by atoms with Gasteiger partial charge >= 0.3 is 0 Å². The molecule has 1 aliphatic rings. The fraction of sp³-hybridized carbons (Fsp3) is 0.600. The van der Waals surface area contributed by atoms with E-state index in [-0.39, 0.29) is 17.4 Å². The van der Waals surface area contributed by atoms with Crippen LogP contribution in [0.2, 0.25) is 0 Å². The van der Waals surface area contributed by atoms with Crippen molar-refractivity contribution < 1.29 is 13.2 Å². The second kappa shape index (κ2) is 4.48. The lowest BCUT2D eigenvalue weighted by molar-refractivity contribution is 0.393. The molecule has 1 aromatic rings. The summed E-state index contributed by atoms with van der Waals surface area (Å²) in [6, 6.07) is 1.69. The van der Waals surface area contributed by atoms with E-state index < -0.39 is 9.84 Å². The van der Waals surface area contributed by atoms with E-state index in [1.54, 1.807) is 6.07 Å². The Bertz CT molecular complexity index is 516. The lowest BCUT2D eigenvalue weighted by Crippen LogP contribution is -2.10.